The van der Waals surface area contributed by atoms with Gasteiger partial charge in [0.1, 0.15) is 0 Å². The number of non-ortho nitro benzene ring substituents is 1. The van der Waals surface area contributed by atoms with Crippen molar-refractivity contribution in [2.24, 2.45) is 5.92 Å². The molecule has 0 aliphatic rings. The van der Waals surface area contributed by atoms with Crippen molar-refractivity contribution < 1.29 is 9.66 Å². The van der Waals surface area contributed by atoms with Crippen LogP contribution in [0.3, 0.4) is 0 Å². The number of nitrogens with zero attached hydrogens (tertiary/aromatic N) is 1. The van der Waals surface area contributed by atoms with Gasteiger partial charge in [-0.3, -0.25) is 10.1 Å². The molecule has 0 aliphatic heterocycles. The van der Waals surface area contributed by atoms with Gasteiger partial charge in [-0.1, -0.05) is 37.0 Å². The first-order chi connectivity index (χ1) is 9.45. The van der Waals surface area contributed by atoms with E-state index in [1.165, 1.54) is 12.1 Å². The summed E-state index contributed by atoms with van der Waals surface area (Å²) in [6, 6.07) is 2.48. The number of benzene rings is 1. The van der Waals surface area contributed by atoms with Crippen LogP contribution < -0.4 is 10.1 Å². The Balaban J connectivity index is 2.62. The SMILES string of the molecule is CCCNCC(C)COc1c(Cl)cc([N+](=O)[O-])cc1Cl. The highest BCUT2D eigenvalue weighted by molar-refractivity contribution is 6.37. The monoisotopic (exact) mass is 320 g/mol. The van der Waals surface area contributed by atoms with Crippen molar-refractivity contribution in [1.82, 2.24) is 5.32 Å². The van der Waals surface area contributed by atoms with E-state index in [-0.39, 0.29) is 21.7 Å². The van der Waals surface area contributed by atoms with Crippen molar-refractivity contribution >= 4 is 28.9 Å². The third kappa shape index (κ3) is 5.15. The lowest BCUT2D eigenvalue weighted by atomic mass is 10.2. The summed E-state index contributed by atoms with van der Waals surface area (Å²) < 4.78 is 5.57. The molecule has 1 unspecified atom stereocenters. The maximum absolute atomic E-state index is 10.7. The molecule has 0 aliphatic carbocycles. The minimum atomic E-state index is -0.543. The van der Waals surface area contributed by atoms with Crippen molar-refractivity contribution in [2.45, 2.75) is 20.3 Å². The maximum Gasteiger partial charge on any atom is 0.272 e. The van der Waals surface area contributed by atoms with E-state index in [4.69, 9.17) is 27.9 Å². The smallest absolute Gasteiger partial charge is 0.272 e. The number of nitro groups is 1. The average molecular weight is 321 g/mol. The largest absolute Gasteiger partial charge is 0.490 e. The van der Waals surface area contributed by atoms with Crippen molar-refractivity contribution in [1.29, 1.82) is 0 Å². The van der Waals surface area contributed by atoms with Gasteiger partial charge in [-0.05, 0) is 13.0 Å². The first kappa shape index (κ1) is 17.0. The Morgan fingerprint density at radius 3 is 2.50 bits per heavy atom. The molecule has 1 rings (SSSR count). The molecule has 0 bridgehead atoms. The van der Waals surface area contributed by atoms with Crippen LogP contribution >= 0.6 is 23.2 Å². The predicted molar refractivity (Wildman–Crippen MR) is 80.9 cm³/mol. The van der Waals surface area contributed by atoms with Gasteiger partial charge < -0.3 is 10.1 Å². The van der Waals surface area contributed by atoms with Gasteiger partial charge in [0.05, 0.1) is 21.6 Å². The number of nitrogens with one attached hydrogen (secondary N) is 1. The molecule has 112 valence electrons. The van der Waals surface area contributed by atoms with Gasteiger partial charge in [-0.15, -0.1) is 0 Å². The normalized spacial score (nSPS) is 12.2. The summed E-state index contributed by atoms with van der Waals surface area (Å²) in [6.45, 7) is 6.37. The van der Waals surface area contributed by atoms with Gasteiger partial charge in [0.2, 0.25) is 0 Å². The molecule has 0 fully saturated rings. The molecule has 7 heteroatoms. The predicted octanol–water partition coefficient (Wildman–Crippen LogP) is 3.92. The molecule has 0 saturated heterocycles. The maximum atomic E-state index is 10.7. The average Bonchev–Trinajstić information content (AvgIpc) is 2.37. The van der Waals surface area contributed by atoms with E-state index < -0.39 is 4.92 Å². The zero-order valence-corrected chi connectivity index (χ0v) is 13.0. The fourth-order valence-electron chi connectivity index (χ4n) is 1.60. The van der Waals surface area contributed by atoms with E-state index in [0.717, 1.165) is 19.5 Å². The lowest BCUT2D eigenvalue weighted by Gasteiger charge is -2.15. The molecule has 20 heavy (non-hydrogen) atoms. The molecular formula is C13H18Cl2N2O3. The molecule has 0 amide bonds. The molecule has 1 N–H and O–H groups in total. The van der Waals surface area contributed by atoms with Crippen LogP contribution in [0.15, 0.2) is 12.1 Å². The number of hydrogen-bond acceptors (Lipinski definition) is 4. The van der Waals surface area contributed by atoms with Crippen LogP contribution in [-0.2, 0) is 0 Å². The molecule has 1 atom stereocenters. The molecule has 0 radical (unpaired) electrons. The van der Waals surface area contributed by atoms with E-state index in [9.17, 15) is 10.1 Å². The topological polar surface area (TPSA) is 64.4 Å². The molecular weight excluding hydrogens is 303 g/mol. The van der Waals surface area contributed by atoms with Gasteiger partial charge in [0, 0.05) is 24.6 Å². The second-order valence-electron chi connectivity index (χ2n) is 4.62. The van der Waals surface area contributed by atoms with Crippen LogP contribution in [0, 0.1) is 16.0 Å². The summed E-state index contributed by atoms with van der Waals surface area (Å²) in [6.07, 6.45) is 1.08. The zero-order chi connectivity index (χ0) is 15.1. The standard InChI is InChI=1S/C13H18Cl2N2O3/c1-3-4-16-7-9(2)8-20-13-11(14)5-10(17(18)19)6-12(13)15/h5-6,9,16H,3-4,7-8H2,1-2H3. The van der Waals surface area contributed by atoms with Crippen LogP contribution in [0.1, 0.15) is 20.3 Å². The molecule has 5 nitrogen and oxygen atoms in total. The summed E-state index contributed by atoms with van der Waals surface area (Å²) >= 11 is 11.9. The molecule has 0 aromatic heterocycles. The van der Waals surface area contributed by atoms with E-state index in [0.29, 0.717) is 12.4 Å². The van der Waals surface area contributed by atoms with Crippen LogP contribution in [0.25, 0.3) is 0 Å². The highest BCUT2D eigenvalue weighted by Gasteiger charge is 2.16. The summed E-state index contributed by atoms with van der Waals surface area (Å²) in [4.78, 5) is 10.1. The lowest BCUT2D eigenvalue weighted by Crippen LogP contribution is -2.25. The van der Waals surface area contributed by atoms with Crippen molar-refractivity contribution in [3.05, 3.63) is 32.3 Å². The molecule has 0 saturated carbocycles. The van der Waals surface area contributed by atoms with Gasteiger partial charge in [0.25, 0.3) is 5.69 Å². The molecule has 1 aromatic rings. The fourth-order valence-corrected chi connectivity index (χ4v) is 2.18. The van der Waals surface area contributed by atoms with E-state index in [1.807, 2.05) is 6.92 Å². The molecule has 0 spiro atoms. The number of hydrogen-bond donors (Lipinski definition) is 1. The molecule has 0 heterocycles. The highest BCUT2D eigenvalue weighted by atomic mass is 35.5. The lowest BCUT2D eigenvalue weighted by molar-refractivity contribution is -0.384. The van der Waals surface area contributed by atoms with Crippen LogP contribution in [-0.4, -0.2) is 24.6 Å². The Hall–Kier alpha value is -1.04. The highest BCUT2D eigenvalue weighted by Crippen LogP contribution is 2.36. The Morgan fingerprint density at radius 2 is 2.00 bits per heavy atom. The first-order valence-corrected chi connectivity index (χ1v) is 7.18. The minimum Gasteiger partial charge on any atom is -0.490 e. The second kappa shape index (κ2) is 8.29. The summed E-state index contributed by atoms with van der Waals surface area (Å²) in [5.74, 6) is 0.574. The van der Waals surface area contributed by atoms with Gasteiger partial charge in [-0.2, -0.15) is 0 Å². The number of nitro benzene ring substituents is 1. The molecule has 1 aromatic carbocycles. The first-order valence-electron chi connectivity index (χ1n) is 6.42. The minimum absolute atomic E-state index is 0.148. The number of ether oxygens (including phenoxy) is 1. The second-order valence-corrected chi connectivity index (χ2v) is 5.43. The Morgan fingerprint density at radius 1 is 1.40 bits per heavy atom. The Bertz CT molecular complexity index is 446. The van der Waals surface area contributed by atoms with E-state index in [1.54, 1.807) is 0 Å². The van der Waals surface area contributed by atoms with Crippen LogP contribution in [0.4, 0.5) is 5.69 Å². The van der Waals surface area contributed by atoms with Gasteiger partial charge >= 0.3 is 0 Å². The summed E-state index contributed by atoms with van der Waals surface area (Å²) in [5, 5.41) is 14.3. The summed E-state index contributed by atoms with van der Waals surface area (Å²) in [5.41, 5.74) is -0.148. The van der Waals surface area contributed by atoms with Crippen LogP contribution in [0.2, 0.25) is 10.0 Å². The third-order valence-electron chi connectivity index (χ3n) is 2.63. The van der Waals surface area contributed by atoms with Crippen molar-refractivity contribution in [2.75, 3.05) is 19.7 Å². The van der Waals surface area contributed by atoms with E-state index in [2.05, 4.69) is 12.2 Å². The summed E-state index contributed by atoms with van der Waals surface area (Å²) in [7, 11) is 0. The van der Waals surface area contributed by atoms with E-state index >= 15 is 0 Å². The Kier molecular flexibility index (Phi) is 7.05. The zero-order valence-electron chi connectivity index (χ0n) is 11.5. The number of halogens is 2. The van der Waals surface area contributed by atoms with Gasteiger partial charge in [0.15, 0.2) is 5.75 Å². The quantitative estimate of drug-likeness (QED) is 0.448. The van der Waals surface area contributed by atoms with Crippen molar-refractivity contribution in [3.63, 3.8) is 0 Å². The third-order valence-corrected chi connectivity index (χ3v) is 3.19. The van der Waals surface area contributed by atoms with Crippen LogP contribution in [0.5, 0.6) is 5.75 Å². The fraction of sp³-hybridized carbons (Fsp3) is 0.538. The van der Waals surface area contributed by atoms with Crippen molar-refractivity contribution in [3.8, 4) is 5.75 Å². The number of rotatable bonds is 8. The van der Waals surface area contributed by atoms with Gasteiger partial charge in [-0.25, -0.2) is 0 Å². The Labute approximate surface area is 128 Å².